The van der Waals surface area contributed by atoms with Crippen LogP contribution in [-0.2, 0) is 32.0 Å². The number of nitrogens with zero attached hydrogens (tertiary/aromatic N) is 1. The number of carbonyl (C=O) groups excluding carboxylic acids is 2. The van der Waals surface area contributed by atoms with E-state index < -0.39 is 29.4 Å². The zero-order chi connectivity index (χ0) is 31.9. The smallest absolute Gasteiger partial charge is 0.332 e. The van der Waals surface area contributed by atoms with E-state index in [4.69, 9.17) is 10.5 Å². The van der Waals surface area contributed by atoms with E-state index in [1.807, 2.05) is 86.6 Å². The lowest BCUT2D eigenvalue weighted by atomic mass is 9.83. The van der Waals surface area contributed by atoms with Crippen LogP contribution in [0.2, 0.25) is 0 Å². The molecule has 1 heterocycles. The first-order chi connectivity index (χ1) is 20.9. The molecule has 0 aliphatic carbocycles. The zero-order valence-corrected chi connectivity index (χ0v) is 26.2. The van der Waals surface area contributed by atoms with Gasteiger partial charge in [0.15, 0.2) is 0 Å². The fourth-order valence-corrected chi connectivity index (χ4v) is 6.19. The molecule has 44 heavy (non-hydrogen) atoms. The van der Waals surface area contributed by atoms with E-state index in [1.54, 1.807) is 14.0 Å². The van der Waals surface area contributed by atoms with Crippen molar-refractivity contribution in [2.75, 3.05) is 20.2 Å². The quantitative estimate of drug-likeness (QED) is 0.241. The van der Waals surface area contributed by atoms with Gasteiger partial charge in [-0.25, -0.2) is 4.79 Å². The molecule has 3 atom stereocenters. The predicted octanol–water partition coefficient (Wildman–Crippen LogP) is 4.89. The van der Waals surface area contributed by atoms with Gasteiger partial charge in [0.05, 0.1) is 12.0 Å². The highest BCUT2D eigenvalue weighted by Gasteiger charge is 2.37. The molecule has 0 saturated carbocycles. The van der Waals surface area contributed by atoms with Gasteiger partial charge in [-0.3, -0.25) is 9.59 Å². The molecule has 1 fully saturated rings. The van der Waals surface area contributed by atoms with Gasteiger partial charge >= 0.3 is 5.97 Å². The van der Waals surface area contributed by atoms with Gasteiger partial charge in [0.2, 0.25) is 11.8 Å². The molecule has 1 aliphatic heterocycles. The number of nitrogens with one attached hydrogen (secondary N) is 1. The lowest BCUT2D eigenvalue weighted by Crippen LogP contribution is -2.52. The summed E-state index contributed by atoms with van der Waals surface area (Å²) in [6, 6.07) is 22.4. The van der Waals surface area contributed by atoms with Crippen LogP contribution in [0.1, 0.15) is 51.2 Å². The third-order valence-corrected chi connectivity index (χ3v) is 8.28. The van der Waals surface area contributed by atoms with E-state index in [9.17, 15) is 19.5 Å². The van der Waals surface area contributed by atoms with Crippen LogP contribution >= 0.6 is 0 Å². The Kier molecular flexibility index (Phi) is 10.9. The molecule has 8 heteroatoms. The molecule has 0 bridgehead atoms. The topological polar surface area (TPSA) is 122 Å². The van der Waals surface area contributed by atoms with Gasteiger partial charge in [-0.15, -0.1) is 0 Å². The number of hydrogen-bond acceptors (Lipinski definition) is 5. The Morgan fingerprint density at radius 3 is 2.36 bits per heavy atom. The van der Waals surface area contributed by atoms with Crippen molar-refractivity contribution in [1.29, 1.82) is 0 Å². The summed E-state index contributed by atoms with van der Waals surface area (Å²) in [7, 11) is 1.60. The minimum absolute atomic E-state index is 0.0199. The first-order valence-electron chi connectivity index (χ1n) is 15.3. The van der Waals surface area contributed by atoms with E-state index in [0.29, 0.717) is 25.1 Å². The fourth-order valence-electron chi connectivity index (χ4n) is 6.19. The predicted molar refractivity (Wildman–Crippen MR) is 173 cm³/mol. The monoisotopic (exact) mass is 599 g/mol. The molecule has 4 rings (SSSR count). The number of hydrogen-bond donors (Lipinski definition) is 3. The van der Waals surface area contributed by atoms with Crippen molar-refractivity contribution in [3.05, 3.63) is 95.1 Å². The van der Waals surface area contributed by atoms with Crippen molar-refractivity contribution in [3.8, 4) is 0 Å². The SMILES string of the molecule is C/C(CC(C)(C)N)=C(\C(=O)O)[C@@H](Cc1cccc2ccccc12)C(=O)N(C)[C@H](Cc1ccccc1)C(=O)NCC1CCCO1. The lowest BCUT2D eigenvalue weighted by Gasteiger charge is -2.32. The largest absolute Gasteiger partial charge is 0.478 e. The van der Waals surface area contributed by atoms with E-state index in [-0.39, 0.29) is 30.4 Å². The van der Waals surface area contributed by atoms with Crippen molar-refractivity contribution in [2.24, 2.45) is 11.7 Å². The van der Waals surface area contributed by atoms with Gasteiger partial charge in [-0.1, -0.05) is 78.4 Å². The van der Waals surface area contributed by atoms with Crippen LogP contribution in [0.15, 0.2) is 83.9 Å². The van der Waals surface area contributed by atoms with Crippen LogP contribution in [0.5, 0.6) is 0 Å². The van der Waals surface area contributed by atoms with Gasteiger partial charge in [-0.05, 0) is 68.4 Å². The maximum Gasteiger partial charge on any atom is 0.332 e. The van der Waals surface area contributed by atoms with Gasteiger partial charge in [0.25, 0.3) is 0 Å². The zero-order valence-electron chi connectivity index (χ0n) is 26.2. The summed E-state index contributed by atoms with van der Waals surface area (Å²) in [5, 5.41) is 15.5. The maximum atomic E-state index is 14.6. The van der Waals surface area contributed by atoms with Crippen LogP contribution in [0.3, 0.4) is 0 Å². The second kappa shape index (κ2) is 14.6. The molecule has 0 radical (unpaired) electrons. The third-order valence-electron chi connectivity index (χ3n) is 8.28. The Balaban J connectivity index is 1.74. The molecule has 3 aromatic carbocycles. The molecule has 1 aliphatic rings. The normalized spacial score (nSPS) is 17.1. The van der Waals surface area contributed by atoms with Crippen LogP contribution in [0.25, 0.3) is 10.8 Å². The number of carbonyl (C=O) groups is 3. The van der Waals surface area contributed by atoms with Crippen molar-refractivity contribution in [1.82, 2.24) is 10.2 Å². The van der Waals surface area contributed by atoms with Crippen LogP contribution in [0.4, 0.5) is 0 Å². The summed E-state index contributed by atoms with van der Waals surface area (Å²) < 4.78 is 5.70. The summed E-state index contributed by atoms with van der Waals surface area (Å²) in [4.78, 5) is 42.7. The number of rotatable bonds is 13. The first-order valence-corrected chi connectivity index (χ1v) is 15.3. The number of carboxylic acids is 1. The molecule has 8 nitrogen and oxygen atoms in total. The molecule has 0 aromatic heterocycles. The fraction of sp³-hybridized carbons (Fsp3) is 0.417. The average Bonchev–Trinajstić information content (AvgIpc) is 3.51. The van der Waals surface area contributed by atoms with Gasteiger partial charge in [-0.2, -0.15) is 0 Å². The first kappa shape index (κ1) is 32.9. The number of amides is 2. The molecular formula is C36H45N3O5. The van der Waals surface area contributed by atoms with Gasteiger partial charge in [0, 0.05) is 37.7 Å². The second-order valence-electron chi connectivity index (χ2n) is 12.6. The number of likely N-dealkylation sites (N-methyl/N-ethyl adjacent to an activating group) is 1. The Labute approximate surface area is 260 Å². The van der Waals surface area contributed by atoms with Crippen molar-refractivity contribution in [3.63, 3.8) is 0 Å². The molecule has 234 valence electrons. The number of benzene rings is 3. The van der Waals surface area contributed by atoms with Crippen LogP contribution in [0, 0.1) is 5.92 Å². The number of carboxylic acid groups (broad SMARTS) is 1. The van der Waals surface area contributed by atoms with Crippen molar-refractivity contribution >= 4 is 28.6 Å². The Hall–Kier alpha value is -4.01. The van der Waals surface area contributed by atoms with Crippen molar-refractivity contribution < 1.29 is 24.2 Å². The highest BCUT2D eigenvalue weighted by molar-refractivity contribution is 5.99. The van der Waals surface area contributed by atoms with E-state index in [1.165, 1.54) is 4.90 Å². The molecule has 1 unspecified atom stereocenters. The minimum atomic E-state index is -1.17. The molecule has 2 amide bonds. The van der Waals surface area contributed by atoms with E-state index in [0.717, 1.165) is 34.7 Å². The third kappa shape index (κ3) is 8.55. The molecule has 0 spiro atoms. The van der Waals surface area contributed by atoms with Crippen molar-refractivity contribution in [2.45, 2.75) is 70.6 Å². The lowest BCUT2D eigenvalue weighted by molar-refractivity contribution is -0.143. The molecular weight excluding hydrogens is 554 g/mol. The summed E-state index contributed by atoms with van der Waals surface area (Å²) >= 11 is 0. The second-order valence-corrected chi connectivity index (χ2v) is 12.6. The minimum Gasteiger partial charge on any atom is -0.478 e. The highest BCUT2D eigenvalue weighted by atomic mass is 16.5. The molecule has 1 saturated heterocycles. The average molecular weight is 600 g/mol. The molecule has 3 aromatic rings. The number of fused-ring (bicyclic) bond motifs is 1. The summed E-state index contributed by atoms with van der Waals surface area (Å²) in [6.45, 7) is 6.43. The number of ether oxygens (including phenoxy) is 1. The number of nitrogens with two attached hydrogens (primary N) is 1. The van der Waals surface area contributed by atoms with Crippen LogP contribution < -0.4 is 11.1 Å². The number of aliphatic carboxylic acids is 1. The summed E-state index contributed by atoms with van der Waals surface area (Å²) in [5.41, 5.74) is 7.94. The Morgan fingerprint density at radius 1 is 1.02 bits per heavy atom. The Morgan fingerprint density at radius 2 is 1.70 bits per heavy atom. The summed E-state index contributed by atoms with van der Waals surface area (Å²) in [6.07, 6.45) is 2.50. The standard InChI is InChI=1S/C36H45N3O5/c1-24(22-36(2,3)37)32(35(42)43)30(21-27-16-10-15-26-14-8-9-18-29(26)27)34(41)39(4)31(20-25-12-6-5-7-13-25)33(40)38-23-28-17-11-19-44-28/h5-10,12-16,18,28,30-31H,11,17,19-23,37H2,1-4H3,(H,38,40)(H,42,43)/b32-24+/t28?,30-,31-/m1/s1. The summed E-state index contributed by atoms with van der Waals surface area (Å²) in [5.74, 6) is -2.95. The van der Waals surface area contributed by atoms with Gasteiger partial charge in [0.1, 0.15) is 6.04 Å². The maximum absolute atomic E-state index is 14.6. The van der Waals surface area contributed by atoms with Gasteiger partial charge < -0.3 is 25.8 Å². The van der Waals surface area contributed by atoms with E-state index in [2.05, 4.69) is 5.32 Å². The van der Waals surface area contributed by atoms with Crippen LogP contribution in [-0.4, -0.2) is 65.7 Å². The van der Waals surface area contributed by atoms with E-state index >= 15 is 0 Å². The highest BCUT2D eigenvalue weighted by Crippen LogP contribution is 2.30. The molecule has 4 N–H and O–H groups in total. The Bertz CT molecular complexity index is 1480.